The average Bonchev–Trinajstić information content (AvgIpc) is 3.24. The highest BCUT2D eigenvalue weighted by molar-refractivity contribution is 5.89. The van der Waals surface area contributed by atoms with E-state index in [0.29, 0.717) is 31.6 Å². The number of likely N-dealkylation sites (tertiary alicyclic amines) is 1. The Morgan fingerprint density at radius 1 is 1.35 bits per heavy atom. The molecule has 7 nitrogen and oxygen atoms in total. The molecule has 2 aliphatic rings. The largest absolute Gasteiger partial charge is 0.439 e. The van der Waals surface area contributed by atoms with Crippen LogP contribution in [-0.4, -0.2) is 58.7 Å². The molecule has 1 spiro atoms. The number of carbonyl (C=O) groups excluding carboxylic acids is 2. The van der Waals surface area contributed by atoms with Crippen LogP contribution in [0.2, 0.25) is 0 Å². The summed E-state index contributed by atoms with van der Waals surface area (Å²) in [6.45, 7) is 3.55. The van der Waals surface area contributed by atoms with E-state index in [9.17, 15) is 14.9 Å². The molecule has 0 aliphatic carbocycles. The third-order valence-electron chi connectivity index (χ3n) is 5.45. The molecule has 7 heteroatoms. The van der Waals surface area contributed by atoms with Gasteiger partial charge < -0.3 is 19.1 Å². The molecule has 2 aromatic rings. The molecule has 1 aromatic heterocycles. The molecule has 134 valence electrons. The van der Waals surface area contributed by atoms with Gasteiger partial charge in [0, 0.05) is 31.1 Å². The van der Waals surface area contributed by atoms with Crippen LogP contribution >= 0.6 is 0 Å². The number of hydrogen-bond acceptors (Lipinski definition) is 4. The Hall–Kier alpha value is -3.01. The molecular weight excluding hydrogens is 332 g/mol. The van der Waals surface area contributed by atoms with E-state index < -0.39 is 5.60 Å². The van der Waals surface area contributed by atoms with Gasteiger partial charge in [-0.05, 0) is 13.0 Å². The molecule has 0 radical (unpaired) electrons. The summed E-state index contributed by atoms with van der Waals surface area (Å²) >= 11 is 0. The second-order valence-electron chi connectivity index (χ2n) is 7.15. The van der Waals surface area contributed by atoms with Crippen LogP contribution in [0.4, 0.5) is 4.79 Å². The maximum absolute atomic E-state index is 12.9. The summed E-state index contributed by atoms with van der Waals surface area (Å²) in [5.41, 5.74) is 1.71. The number of likely N-dealkylation sites (N-methyl/N-ethyl adjacent to an activating group) is 1. The van der Waals surface area contributed by atoms with Gasteiger partial charge in [0.15, 0.2) is 5.60 Å². The van der Waals surface area contributed by atoms with Crippen LogP contribution in [0.5, 0.6) is 0 Å². The van der Waals surface area contributed by atoms with E-state index >= 15 is 0 Å². The van der Waals surface area contributed by atoms with Crippen LogP contribution in [0.3, 0.4) is 0 Å². The molecule has 2 amide bonds. The molecule has 1 unspecified atom stereocenters. The number of benzene rings is 1. The molecule has 2 aliphatic heterocycles. The highest BCUT2D eigenvalue weighted by Crippen LogP contribution is 2.32. The quantitative estimate of drug-likeness (QED) is 0.827. The van der Waals surface area contributed by atoms with Crippen LogP contribution in [0.15, 0.2) is 24.3 Å². The van der Waals surface area contributed by atoms with Crippen LogP contribution in [-0.2, 0) is 16.1 Å². The Bertz CT molecular complexity index is 958. The fourth-order valence-corrected chi connectivity index (χ4v) is 4.07. The minimum atomic E-state index is -0.576. The van der Waals surface area contributed by atoms with Crippen molar-refractivity contribution < 1.29 is 14.3 Å². The summed E-state index contributed by atoms with van der Waals surface area (Å²) in [4.78, 5) is 27.9. The van der Waals surface area contributed by atoms with Gasteiger partial charge in [0.1, 0.15) is 12.6 Å². The van der Waals surface area contributed by atoms with Gasteiger partial charge in [0.25, 0.3) is 0 Å². The molecule has 26 heavy (non-hydrogen) atoms. The topological polar surface area (TPSA) is 78.6 Å². The summed E-state index contributed by atoms with van der Waals surface area (Å²) in [6, 6.07) is 9.87. The van der Waals surface area contributed by atoms with E-state index in [1.54, 1.807) is 16.8 Å². The highest BCUT2D eigenvalue weighted by atomic mass is 16.6. The fourth-order valence-electron chi connectivity index (χ4n) is 4.07. The number of rotatable bonds is 2. The first-order chi connectivity index (χ1) is 12.4. The molecule has 2 fully saturated rings. The number of fused-ring (bicyclic) bond motifs is 1. The van der Waals surface area contributed by atoms with Crippen molar-refractivity contribution in [1.82, 2.24) is 14.4 Å². The monoisotopic (exact) mass is 352 g/mol. The summed E-state index contributed by atoms with van der Waals surface area (Å²) < 4.78 is 7.41. The van der Waals surface area contributed by atoms with Crippen LogP contribution in [0, 0.1) is 18.3 Å². The first kappa shape index (κ1) is 16.5. The zero-order valence-corrected chi connectivity index (χ0v) is 14.9. The fraction of sp³-hybridized carbons (Fsp3) is 0.421. The average molecular weight is 352 g/mol. The Balaban J connectivity index is 1.57. The number of hydrogen-bond donors (Lipinski definition) is 0. The van der Waals surface area contributed by atoms with Gasteiger partial charge in [-0.3, -0.25) is 4.79 Å². The van der Waals surface area contributed by atoms with Gasteiger partial charge >= 0.3 is 6.09 Å². The lowest BCUT2D eigenvalue weighted by Gasteiger charge is -2.22. The molecule has 2 saturated heterocycles. The maximum atomic E-state index is 12.9. The molecule has 3 heterocycles. The van der Waals surface area contributed by atoms with E-state index in [1.807, 2.05) is 35.8 Å². The number of amides is 2. The summed E-state index contributed by atoms with van der Waals surface area (Å²) in [6.07, 6.45) is 0.328. The SMILES string of the molecule is Cc1c(C#N)c2ccccc2n1CC(=O)N1CCC2(CN(C)C(=O)O2)C1. The predicted molar refractivity (Wildman–Crippen MR) is 94.4 cm³/mol. The third kappa shape index (κ3) is 2.41. The maximum Gasteiger partial charge on any atom is 0.410 e. The van der Waals surface area contributed by atoms with Gasteiger partial charge in [-0.1, -0.05) is 18.2 Å². The van der Waals surface area contributed by atoms with Crippen LogP contribution < -0.4 is 0 Å². The van der Waals surface area contributed by atoms with Gasteiger partial charge in [0.2, 0.25) is 5.91 Å². The van der Waals surface area contributed by atoms with Crippen molar-refractivity contribution in [2.45, 2.75) is 25.5 Å². The van der Waals surface area contributed by atoms with Gasteiger partial charge in [0.05, 0.1) is 24.2 Å². The lowest BCUT2D eigenvalue weighted by atomic mass is 10.0. The van der Waals surface area contributed by atoms with E-state index in [0.717, 1.165) is 16.6 Å². The normalized spacial score (nSPS) is 22.3. The number of nitriles is 1. The van der Waals surface area contributed by atoms with Gasteiger partial charge in [-0.25, -0.2) is 4.79 Å². The first-order valence-corrected chi connectivity index (χ1v) is 8.64. The van der Waals surface area contributed by atoms with E-state index in [2.05, 4.69) is 6.07 Å². The lowest BCUT2D eigenvalue weighted by molar-refractivity contribution is -0.131. The molecule has 1 aromatic carbocycles. The van der Waals surface area contributed by atoms with Crippen molar-refractivity contribution in [3.8, 4) is 6.07 Å². The van der Waals surface area contributed by atoms with Crippen molar-refractivity contribution in [2.75, 3.05) is 26.7 Å². The highest BCUT2D eigenvalue weighted by Gasteiger charge is 2.49. The second kappa shape index (κ2) is 5.77. The van der Waals surface area contributed by atoms with E-state index in [4.69, 9.17) is 4.74 Å². The van der Waals surface area contributed by atoms with Crippen LogP contribution in [0.1, 0.15) is 17.7 Å². The van der Waals surface area contributed by atoms with Crippen molar-refractivity contribution in [2.24, 2.45) is 0 Å². The predicted octanol–water partition coefficient (Wildman–Crippen LogP) is 1.87. The van der Waals surface area contributed by atoms with E-state index in [-0.39, 0.29) is 18.5 Å². The lowest BCUT2D eigenvalue weighted by Crippen LogP contribution is -2.40. The smallest absolute Gasteiger partial charge is 0.410 e. The third-order valence-corrected chi connectivity index (χ3v) is 5.45. The van der Waals surface area contributed by atoms with Gasteiger partial charge in [-0.15, -0.1) is 0 Å². The standard InChI is InChI=1S/C19H20N4O3/c1-13-15(9-20)14-5-3-4-6-16(14)23(13)10-17(24)22-8-7-19(12-22)11-21(2)18(25)26-19/h3-6H,7-8,10-12H2,1-2H3. The Kier molecular flexibility index (Phi) is 3.65. The number of carbonyl (C=O) groups is 2. The Labute approximate surface area is 151 Å². The second-order valence-corrected chi connectivity index (χ2v) is 7.15. The molecule has 0 N–H and O–H groups in total. The Morgan fingerprint density at radius 2 is 2.12 bits per heavy atom. The molecule has 0 bridgehead atoms. The molecule has 1 atom stereocenters. The zero-order valence-electron chi connectivity index (χ0n) is 14.9. The number of nitrogens with zero attached hydrogens (tertiary/aromatic N) is 4. The van der Waals surface area contributed by atoms with Crippen molar-refractivity contribution in [1.29, 1.82) is 5.26 Å². The summed E-state index contributed by atoms with van der Waals surface area (Å²) in [5, 5.41) is 10.3. The Morgan fingerprint density at radius 3 is 2.81 bits per heavy atom. The first-order valence-electron chi connectivity index (χ1n) is 8.64. The van der Waals surface area contributed by atoms with Gasteiger partial charge in [-0.2, -0.15) is 5.26 Å². The van der Waals surface area contributed by atoms with Crippen molar-refractivity contribution in [3.05, 3.63) is 35.5 Å². The van der Waals surface area contributed by atoms with Crippen molar-refractivity contribution in [3.63, 3.8) is 0 Å². The van der Waals surface area contributed by atoms with Crippen molar-refractivity contribution >= 4 is 22.9 Å². The molecular formula is C19H20N4O3. The zero-order chi connectivity index (χ0) is 18.5. The minimum Gasteiger partial charge on any atom is -0.439 e. The van der Waals surface area contributed by atoms with Crippen LogP contribution in [0.25, 0.3) is 10.9 Å². The minimum absolute atomic E-state index is 0.0270. The molecule has 0 saturated carbocycles. The summed E-state index contributed by atoms with van der Waals surface area (Å²) in [5.74, 6) is -0.0270. The number of para-hydroxylation sites is 1. The molecule has 4 rings (SSSR count). The number of aromatic nitrogens is 1. The summed E-state index contributed by atoms with van der Waals surface area (Å²) in [7, 11) is 1.71. The number of ether oxygens (including phenoxy) is 1. The van der Waals surface area contributed by atoms with E-state index in [1.165, 1.54) is 0 Å².